The van der Waals surface area contributed by atoms with Gasteiger partial charge in [-0.2, -0.15) is 5.10 Å². The number of amides is 3. The number of piperidine rings is 1. The molecule has 27 heavy (non-hydrogen) atoms. The van der Waals surface area contributed by atoms with Crippen LogP contribution in [0.3, 0.4) is 0 Å². The van der Waals surface area contributed by atoms with Crippen molar-refractivity contribution in [2.45, 2.75) is 45.2 Å². The number of H-pyrrole nitrogens is 1. The van der Waals surface area contributed by atoms with E-state index in [2.05, 4.69) is 15.5 Å². The Labute approximate surface area is 157 Å². The first-order valence-electron chi connectivity index (χ1n) is 9.30. The first-order valence-corrected chi connectivity index (χ1v) is 9.30. The number of hydrogen-bond acceptors (Lipinski definition) is 5. The standard InChI is InChI=1S/C18H25N5O4/c1-11(2)23-10-12(9-16(23)25)17(26)19-13-5-7-22(8-6-13)18(27)14-3-4-15(24)21-20-14/h3-4,11-13H,5-10H2,1-2H3,(H,19,26)(H,21,24). The molecule has 2 N–H and O–H groups in total. The highest BCUT2D eigenvalue weighted by Crippen LogP contribution is 2.21. The molecule has 2 aliphatic heterocycles. The largest absolute Gasteiger partial charge is 0.353 e. The number of nitrogens with one attached hydrogen (secondary N) is 2. The number of carbonyl (C=O) groups is 3. The Balaban J connectivity index is 1.49. The quantitative estimate of drug-likeness (QED) is 0.753. The van der Waals surface area contributed by atoms with E-state index in [1.54, 1.807) is 9.80 Å². The predicted octanol–water partition coefficient (Wildman–Crippen LogP) is -0.252. The molecule has 1 atom stereocenters. The third-order valence-electron chi connectivity index (χ3n) is 5.18. The fourth-order valence-corrected chi connectivity index (χ4v) is 3.58. The van der Waals surface area contributed by atoms with Crippen LogP contribution in [0.5, 0.6) is 0 Å². The maximum absolute atomic E-state index is 12.5. The Morgan fingerprint density at radius 2 is 1.93 bits per heavy atom. The van der Waals surface area contributed by atoms with E-state index in [-0.39, 0.29) is 53.4 Å². The minimum absolute atomic E-state index is 0.00621. The Morgan fingerprint density at radius 1 is 1.22 bits per heavy atom. The molecule has 146 valence electrons. The lowest BCUT2D eigenvalue weighted by Gasteiger charge is -2.32. The van der Waals surface area contributed by atoms with E-state index >= 15 is 0 Å². The molecule has 0 spiro atoms. The summed E-state index contributed by atoms with van der Waals surface area (Å²) in [4.78, 5) is 51.3. The van der Waals surface area contributed by atoms with Gasteiger partial charge in [-0.15, -0.1) is 0 Å². The Hall–Kier alpha value is -2.71. The van der Waals surface area contributed by atoms with Crippen LogP contribution >= 0.6 is 0 Å². The molecule has 1 aromatic rings. The molecular weight excluding hydrogens is 350 g/mol. The van der Waals surface area contributed by atoms with E-state index in [0.29, 0.717) is 32.5 Å². The Morgan fingerprint density at radius 3 is 2.48 bits per heavy atom. The first-order chi connectivity index (χ1) is 12.8. The van der Waals surface area contributed by atoms with E-state index in [1.165, 1.54) is 12.1 Å². The van der Waals surface area contributed by atoms with E-state index < -0.39 is 0 Å². The zero-order valence-electron chi connectivity index (χ0n) is 15.6. The molecule has 1 unspecified atom stereocenters. The topological polar surface area (TPSA) is 115 Å². The van der Waals surface area contributed by atoms with Crippen LogP contribution in [0.4, 0.5) is 0 Å². The summed E-state index contributed by atoms with van der Waals surface area (Å²) in [5, 5.41) is 9.05. The second kappa shape index (κ2) is 7.89. The Kier molecular flexibility index (Phi) is 5.57. The van der Waals surface area contributed by atoms with Crippen LogP contribution < -0.4 is 10.9 Å². The summed E-state index contributed by atoms with van der Waals surface area (Å²) in [7, 11) is 0. The Bertz CT molecular complexity index is 762. The zero-order valence-corrected chi connectivity index (χ0v) is 15.6. The van der Waals surface area contributed by atoms with Crippen LogP contribution in [-0.4, -0.2) is 69.4 Å². The SMILES string of the molecule is CC(C)N1CC(C(=O)NC2CCN(C(=O)c3ccc(=O)[nH]n3)CC2)CC1=O. The van der Waals surface area contributed by atoms with Crippen molar-refractivity contribution in [2.24, 2.45) is 5.92 Å². The van der Waals surface area contributed by atoms with Gasteiger partial charge in [-0.1, -0.05) is 0 Å². The molecule has 2 saturated heterocycles. The summed E-state index contributed by atoms with van der Waals surface area (Å²) in [5.74, 6) is -0.590. The molecule has 3 amide bonds. The van der Waals surface area contributed by atoms with Gasteiger partial charge in [0, 0.05) is 44.2 Å². The predicted molar refractivity (Wildman–Crippen MR) is 96.9 cm³/mol. The van der Waals surface area contributed by atoms with E-state index in [0.717, 1.165) is 0 Å². The van der Waals surface area contributed by atoms with Crippen LogP contribution in [0.2, 0.25) is 0 Å². The average Bonchev–Trinajstić information content (AvgIpc) is 3.05. The van der Waals surface area contributed by atoms with E-state index in [9.17, 15) is 19.2 Å². The van der Waals surface area contributed by atoms with Crippen LogP contribution in [0, 0.1) is 5.92 Å². The highest BCUT2D eigenvalue weighted by Gasteiger charge is 2.36. The van der Waals surface area contributed by atoms with Gasteiger partial charge in [0.25, 0.3) is 11.5 Å². The highest BCUT2D eigenvalue weighted by atomic mass is 16.2. The van der Waals surface area contributed by atoms with Gasteiger partial charge < -0.3 is 15.1 Å². The molecule has 0 radical (unpaired) electrons. The van der Waals surface area contributed by atoms with Crippen LogP contribution in [0.15, 0.2) is 16.9 Å². The number of hydrogen-bond donors (Lipinski definition) is 2. The maximum Gasteiger partial charge on any atom is 0.274 e. The molecule has 3 rings (SSSR count). The van der Waals surface area contributed by atoms with Crippen molar-refractivity contribution in [3.63, 3.8) is 0 Å². The summed E-state index contributed by atoms with van der Waals surface area (Å²) in [6, 6.07) is 2.78. The van der Waals surface area contributed by atoms with Crippen molar-refractivity contribution in [1.29, 1.82) is 0 Å². The minimum atomic E-state index is -0.352. The number of aromatic nitrogens is 2. The van der Waals surface area contributed by atoms with Gasteiger partial charge in [0.1, 0.15) is 5.69 Å². The zero-order chi connectivity index (χ0) is 19.6. The summed E-state index contributed by atoms with van der Waals surface area (Å²) in [6.07, 6.45) is 1.56. The molecule has 1 aromatic heterocycles. The number of likely N-dealkylation sites (tertiary alicyclic amines) is 2. The van der Waals surface area contributed by atoms with Gasteiger partial charge in [-0.05, 0) is 32.8 Å². The fourth-order valence-electron chi connectivity index (χ4n) is 3.58. The number of aromatic amines is 1. The van der Waals surface area contributed by atoms with Gasteiger partial charge in [0.2, 0.25) is 11.8 Å². The minimum Gasteiger partial charge on any atom is -0.353 e. The lowest BCUT2D eigenvalue weighted by Crippen LogP contribution is -2.48. The second-order valence-corrected chi connectivity index (χ2v) is 7.42. The molecule has 9 heteroatoms. The molecule has 0 aliphatic carbocycles. The van der Waals surface area contributed by atoms with Gasteiger partial charge in [-0.3, -0.25) is 19.2 Å². The number of rotatable bonds is 4. The summed E-state index contributed by atoms with van der Waals surface area (Å²) in [6.45, 7) is 5.38. The molecule has 2 fully saturated rings. The second-order valence-electron chi connectivity index (χ2n) is 7.42. The molecular formula is C18H25N5O4. The molecule has 0 saturated carbocycles. The van der Waals surface area contributed by atoms with E-state index in [4.69, 9.17) is 0 Å². The maximum atomic E-state index is 12.5. The van der Waals surface area contributed by atoms with Gasteiger partial charge in [0.15, 0.2) is 0 Å². The monoisotopic (exact) mass is 375 g/mol. The van der Waals surface area contributed by atoms with Crippen LogP contribution in [0.1, 0.15) is 43.6 Å². The molecule has 9 nitrogen and oxygen atoms in total. The van der Waals surface area contributed by atoms with Crippen LogP contribution in [0.25, 0.3) is 0 Å². The summed E-state index contributed by atoms with van der Waals surface area (Å²) >= 11 is 0. The number of carbonyl (C=O) groups excluding carboxylic acids is 3. The van der Waals surface area contributed by atoms with Crippen molar-refractivity contribution >= 4 is 17.7 Å². The van der Waals surface area contributed by atoms with Crippen molar-refractivity contribution in [3.8, 4) is 0 Å². The normalized spacial score (nSPS) is 21.0. The van der Waals surface area contributed by atoms with Gasteiger partial charge in [0.05, 0.1) is 5.92 Å². The molecule has 0 aromatic carbocycles. The third kappa shape index (κ3) is 4.35. The van der Waals surface area contributed by atoms with E-state index in [1.807, 2.05) is 13.8 Å². The number of nitrogens with zero attached hydrogens (tertiary/aromatic N) is 3. The van der Waals surface area contributed by atoms with Gasteiger partial charge in [-0.25, -0.2) is 5.10 Å². The third-order valence-corrected chi connectivity index (χ3v) is 5.18. The first kappa shape index (κ1) is 19.1. The van der Waals surface area contributed by atoms with Gasteiger partial charge >= 0.3 is 0 Å². The lowest BCUT2D eigenvalue weighted by molar-refractivity contribution is -0.130. The molecule has 2 aliphatic rings. The van der Waals surface area contributed by atoms with Crippen molar-refractivity contribution in [1.82, 2.24) is 25.3 Å². The average molecular weight is 375 g/mol. The summed E-state index contributed by atoms with van der Waals surface area (Å²) in [5.41, 5.74) is -0.148. The van der Waals surface area contributed by atoms with Crippen molar-refractivity contribution < 1.29 is 14.4 Å². The van der Waals surface area contributed by atoms with Crippen molar-refractivity contribution in [3.05, 3.63) is 28.2 Å². The highest BCUT2D eigenvalue weighted by molar-refractivity contribution is 5.92. The molecule has 3 heterocycles. The summed E-state index contributed by atoms with van der Waals surface area (Å²) < 4.78 is 0. The van der Waals surface area contributed by atoms with Crippen LogP contribution in [-0.2, 0) is 9.59 Å². The lowest BCUT2D eigenvalue weighted by atomic mass is 10.0. The smallest absolute Gasteiger partial charge is 0.274 e. The fraction of sp³-hybridized carbons (Fsp3) is 0.611. The molecule has 0 bridgehead atoms. The van der Waals surface area contributed by atoms with Crippen molar-refractivity contribution in [2.75, 3.05) is 19.6 Å².